The number of ether oxygens (including phenoxy) is 3. The number of Topliss-reactive ketones (excluding diaryl/α,β-unsaturated/α-hetero) is 1. The zero-order valence-corrected chi connectivity index (χ0v) is 13.2. The molecule has 116 valence electrons. The lowest BCUT2D eigenvalue weighted by molar-refractivity contribution is -0.128. The molecule has 1 spiro atoms. The van der Waals surface area contributed by atoms with Crippen molar-refractivity contribution < 1.29 is 23.8 Å². The molecule has 0 N–H and O–H groups in total. The van der Waals surface area contributed by atoms with Gasteiger partial charge in [0.2, 0.25) is 17.2 Å². The quantitative estimate of drug-likeness (QED) is 0.783. The molecular formula is C16H15ClO5. The van der Waals surface area contributed by atoms with Gasteiger partial charge in [0, 0.05) is 12.0 Å². The molecule has 1 aliphatic carbocycles. The Morgan fingerprint density at radius 3 is 2.55 bits per heavy atom. The van der Waals surface area contributed by atoms with Crippen LogP contribution in [0.4, 0.5) is 0 Å². The third-order valence-electron chi connectivity index (χ3n) is 4.24. The molecule has 0 amide bonds. The van der Waals surface area contributed by atoms with Gasteiger partial charge in [-0.25, -0.2) is 0 Å². The molecule has 3 rings (SSSR count). The van der Waals surface area contributed by atoms with Crippen molar-refractivity contribution in [3.05, 3.63) is 28.8 Å². The average molecular weight is 323 g/mol. The maximum Gasteiger partial charge on any atom is 0.236 e. The normalized spacial score (nSPS) is 26.1. The van der Waals surface area contributed by atoms with E-state index in [2.05, 4.69) is 0 Å². The van der Waals surface area contributed by atoms with E-state index in [-0.39, 0.29) is 33.8 Å². The van der Waals surface area contributed by atoms with Gasteiger partial charge in [-0.1, -0.05) is 24.6 Å². The summed E-state index contributed by atoms with van der Waals surface area (Å²) < 4.78 is 16.3. The van der Waals surface area contributed by atoms with E-state index in [9.17, 15) is 9.59 Å². The standard InChI is InChI=1S/C16H15ClO5/c1-8-5-4-6-11(18)16(8)15(19)12-9(20-2)7-10(21-3)13(17)14(12)22-16/h4,6-8H,5H2,1-3H3/t8-,16+/m1/s1. The SMILES string of the molecule is COc1cc(OC)c2c(c1Cl)O[C@@]1(C(=O)C=CC[C@H]1C)C2=O. The summed E-state index contributed by atoms with van der Waals surface area (Å²) in [6.45, 7) is 1.81. The summed E-state index contributed by atoms with van der Waals surface area (Å²) in [7, 11) is 2.89. The summed E-state index contributed by atoms with van der Waals surface area (Å²) >= 11 is 6.26. The molecule has 22 heavy (non-hydrogen) atoms. The van der Waals surface area contributed by atoms with Crippen LogP contribution in [0.3, 0.4) is 0 Å². The fraction of sp³-hybridized carbons (Fsp3) is 0.375. The lowest BCUT2D eigenvalue weighted by Crippen LogP contribution is -2.54. The van der Waals surface area contributed by atoms with E-state index in [1.54, 1.807) is 6.08 Å². The van der Waals surface area contributed by atoms with Crippen LogP contribution in [0.25, 0.3) is 0 Å². The first-order valence-corrected chi connectivity index (χ1v) is 7.24. The van der Waals surface area contributed by atoms with Crippen LogP contribution in [0, 0.1) is 5.92 Å². The van der Waals surface area contributed by atoms with Gasteiger partial charge in [0.15, 0.2) is 5.75 Å². The number of carbonyl (C=O) groups excluding carboxylic acids is 2. The van der Waals surface area contributed by atoms with Gasteiger partial charge in [-0.05, 0) is 12.5 Å². The van der Waals surface area contributed by atoms with Crippen molar-refractivity contribution in [2.45, 2.75) is 18.9 Å². The van der Waals surface area contributed by atoms with E-state index < -0.39 is 11.4 Å². The Labute approximate surface area is 132 Å². The summed E-state index contributed by atoms with van der Waals surface area (Å²) in [5.74, 6) is -0.313. The molecule has 0 radical (unpaired) electrons. The molecule has 0 saturated carbocycles. The Hall–Kier alpha value is -2.01. The van der Waals surface area contributed by atoms with Crippen molar-refractivity contribution in [1.82, 2.24) is 0 Å². The van der Waals surface area contributed by atoms with Gasteiger partial charge >= 0.3 is 0 Å². The molecule has 0 saturated heterocycles. The highest BCUT2D eigenvalue weighted by Gasteiger charge is 2.59. The van der Waals surface area contributed by atoms with E-state index in [0.29, 0.717) is 12.2 Å². The molecule has 1 heterocycles. The van der Waals surface area contributed by atoms with Crippen LogP contribution in [-0.2, 0) is 4.79 Å². The molecule has 0 fully saturated rings. The highest BCUT2D eigenvalue weighted by Crippen LogP contribution is 2.52. The van der Waals surface area contributed by atoms with Crippen LogP contribution in [-0.4, -0.2) is 31.4 Å². The minimum Gasteiger partial charge on any atom is -0.496 e. The van der Waals surface area contributed by atoms with Crippen LogP contribution < -0.4 is 14.2 Å². The molecule has 1 aliphatic heterocycles. The van der Waals surface area contributed by atoms with Gasteiger partial charge in [-0.2, -0.15) is 0 Å². The summed E-state index contributed by atoms with van der Waals surface area (Å²) in [6, 6.07) is 1.52. The van der Waals surface area contributed by atoms with Crippen molar-refractivity contribution in [2.75, 3.05) is 14.2 Å². The van der Waals surface area contributed by atoms with Gasteiger partial charge in [-0.3, -0.25) is 9.59 Å². The highest BCUT2D eigenvalue weighted by molar-refractivity contribution is 6.36. The van der Waals surface area contributed by atoms with E-state index in [1.165, 1.54) is 26.4 Å². The second-order valence-electron chi connectivity index (χ2n) is 5.37. The summed E-state index contributed by atoms with van der Waals surface area (Å²) in [5, 5.41) is 0.165. The number of ketones is 2. The van der Waals surface area contributed by atoms with Crippen molar-refractivity contribution in [1.29, 1.82) is 0 Å². The van der Waals surface area contributed by atoms with Gasteiger partial charge in [0.1, 0.15) is 22.1 Å². The summed E-state index contributed by atoms with van der Waals surface area (Å²) in [4.78, 5) is 25.4. The number of methoxy groups -OCH3 is 2. The molecule has 1 aromatic carbocycles. The molecular weight excluding hydrogens is 308 g/mol. The number of allylic oxidation sites excluding steroid dienone is 1. The number of rotatable bonds is 2. The van der Waals surface area contributed by atoms with Gasteiger partial charge in [0.25, 0.3) is 0 Å². The minimum absolute atomic E-state index is 0.151. The molecule has 0 bridgehead atoms. The van der Waals surface area contributed by atoms with E-state index in [0.717, 1.165) is 0 Å². The molecule has 2 atom stereocenters. The lowest BCUT2D eigenvalue weighted by Gasteiger charge is -2.32. The zero-order valence-electron chi connectivity index (χ0n) is 12.4. The third-order valence-corrected chi connectivity index (χ3v) is 4.60. The van der Waals surface area contributed by atoms with Crippen LogP contribution in [0.2, 0.25) is 5.02 Å². The van der Waals surface area contributed by atoms with Gasteiger partial charge in [-0.15, -0.1) is 0 Å². The molecule has 0 aromatic heterocycles. The number of hydrogen-bond acceptors (Lipinski definition) is 5. The Morgan fingerprint density at radius 1 is 1.27 bits per heavy atom. The minimum atomic E-state index is -1.56. The van der Waals surface area contributed by atoms with Crippen molar-refractivity contribution >= 4 is 23.2 Å². The first-order valence-electron chi connectivity index (χ1n) is 6.86. The van der Waals surface area contributed by atoms with Crippen molar-refractivity contribution in [3.63, 3.8) is 0 Å². The van der Waals surface area contributed by atoms with Crippen LogP contribution >= 0.6 is 11.6 Å². The topological polar surface area (TPSA) is 61.8 Å². The Kier molecular flexibility index (Phi) is 3.40. The van der Waals surface area contributed by atoms with Crippen molar-refractivity contribution in [2.24, 2.45) is 5.92 Å². The monoisotopic (exact) mass is 322 g/mol. The van der Waals surface area contributed by atoms with Crippen molar-refractivity contribution in [3.8, 4) is 17.2 Å². The Balaban J connectivity index is 2.25. The number of halogens is 1. The number of benzene rings is 1. The Morgan fingerprint density at radius 2 is 1.95 bits per heavy atom. The lowest BCUT2D eigenvalue weighted by atomic mass is 9.75. The van der Waals surface area contributed by atoms with E-state index in [1.807, 2.05) is 6.92 Å². The molecule has 2 aliphatic rings. The molecule has 0 unspecified atom stereocenters. The maximum atomic E-state index is 13.0. The van der Waals surface area contributed by atoms with E-state index in [4.69, 9.17) is 25.8 Å². The van der Waals surface area contributed by atoms with Crippen LogP contribution in [0.5, 0.6) is 17.2 Å². The molecule has 5 nitrogen and oxygen atoms in total. The maximum absolute atomic E-state index is 13.0. The predicted molar refractivity (Wildman–Crippen MR) is 80.2 cm³/mol. The fourth-order valence-corrected chi connectivity index (χ4v) is 3.26. The average Bonchev–Trinajstić information content (AvgIpc) is 2.82. The number of fused-ring (bicyclic) bond motifs is 1. The second-order valence-corrected chi connectivity index (χ2v) is 5.75. The first kappa shape index (κ1) is 14.9. The largest absolute Gasteiger partial charge is 0.496 e. The predicted octanol–water partition coefficient (Wildman–Crippen LogP) is 2.84. The Bertz CT molecular complexity index is 709. The number of carbonyl (C=O) groups is 2. The zero-order chi connectivity index (χ0) is 16.1. The smallest absolute Gasteiger partial charge is 0.236 e. The van der Waals surface area contributed by atoms with Gasteiger partial charge < -0.3 is 14.2 Å². The third kappa shape index (κ3) is 1.72. The van der Waals surface area contributed by atoms with Gasteiger partial charge in [0.05, 0.1) is 14.2 Å². The highest BCUT2D eigenvalue weighted by atomic mass is 35.5. The molecule has 6 heteroatoms. The number of hydrogen-bond donors (Lipinski definition) is 0. The van der Waals surface area contributed by atoms with Crippen LogP contribution in [0.15, 0.2) is 18.2 Å². The molecule has 1 aromatic rings. The first-order chi connectivity index (χ1) is 10.5. The van der Waals surface area contributed by atoms with Crippen LogP contribution in [0.1, 0.15) is 23.7 Å². The second kappa shape index (κ2) is 5.02. The summed E-state index contributed by atoms with van der Waals surface area (Å²) in [5.41, 5.74) is -1.36. The summed E-state index contributed by atoms with van der Waals surface area (Å²) in [6.07, 6.45) is 3.71. The fourth-order valence-electron chi connectivity index (χ4n) is 3.00. The van der Waals surface area contributed by atoms with E-state index >= 15 is 0 Å².